The molecule has 1 heterocycles. The van der Waals surface area contributed by atoms with Gasteiger partial charge < -0.3 is 4.90 Å². The highest BCUT2D eigenvalue weighted by Gasteiger charge is 2.40. The lowest BCUT2D eigenvalue weighted by molar-refractivity contribution is -0.131. The van der Waals surface area contributed by atoms with E-state index in [4.69, 9.17) is 0 Å². The summed E-state index contributed by atoms with van der Waals surface area (Å²) in [6.07, 6.45) is 1.34. The summed E-state index contributed by atoms with van der Waals surface area (Å²) in [4.78, 5) is 44.2. The standard InChI is InChI=1S/C18H24N4O3/c1-4-21(5-2)10-9-19-12-15-16(23)20-18(25)22(17(15)24)14-8-6-7-13(3)11-14/h6-8,11-12,15H,4-5,9-10H2,1-3H3,(H,20,23,25). The van der Waals surface area contributed by atoms with E-state index in [9.17, 15) is 14.4 Å². The third kappa shape index (κ3) is 4.51. The molecule has 1 aromatic carbocycles. The van der Waals surface area contributed by atoms with Gasteiger partial charge in [-0.25, -0.2) is 9.69 Å². The smallest absolute Gasteiger partial charge is 0.302 e. The fourth-order valence-electron chi connectivity index (χ4n) is 2.65. The first-order valence-electron chi connectivity index (χ1n) is 8.45. The van der Waals surface area contributed by atoms with E-state index in [1.807, 2.05) is 13.0 Å². The van der Waals surface area contributed by atoms with Crippen molar-refractivity contribution in [2.45, 2.75) is 20.8 Å². The number of imide groups is 2. The molecule has 4 amide bonds. The van der Waals surface area contributed by atoms with Gasteiger partial charge in [0.2, 0.25) is 5.91 Å². The first-order valence-corrected chi connectivity index (χ1v) is 8.45. The molecular formula is C18H24N4O3. The van der Waals surface area contributed by atoms with Crippen LogP contribution >= 0.6 is 0 Å². The molecule has 7 heteroatoms. The molecule has 1 aliphatic heterocycles. The van der Waals surface area contributed by atoms with Gasteiger partial charge in [-0.2, -0.15) is 0 Å². The zero-order valence-electron chi connectivity index (χ0n) is 14.9. The maximum absolute atomic E-state index is 12.6. The number of aliphatic imine (C=N–C) groups is 1. The second kappa shape index (κ2) is 8.53. The molecule has 0 bridgehead atoms. The van der Waals surface area contributed by atoms with E-state index in [1.165, 1.54) is 6.21 Å². The van der Waals surface area contributed by atoms with Gasteiger partial charge in [0.15, 0.2) is 5.92 Å². The first kappa shape index (κ1) is 18.8. The zero-order valence-corrected chi connectivity index (χ0v) is 14.9. The number of hydrogen-bond donors (Lipinski definition) is 1. The van der Waals surface area contributed by atoms with Crippen molar-refractivity contribution < 1.29 is 14.4 Å². The molecule has 1 unspecified atom stereocenters. The molecule has 0 saturated carbocycles. The predicted molar refractivity (Wildman–Crippen MR) is 96.8 cm³/mol. The van der Waals surface area contributed by atoms with Crippen molar-refractivity contribution in [3.63, 3.8) is 0 Å². The molecule has 1 aromatic rings. The van der Waals surface area contributed by atoms with Gasteiger partial charge >= 0.3 is 6.03 Å². The van der Waals surface area contributed by atoms with Crippen molar-refractivity contribution in [1.29, 1.82) is 0 Å². The molecule has 0 spiro atoms. The van der Waals surface area contributed by atoms with Crippen LogP contribution in [-0.2, 0) is 9.59 Å². The van der Waals surface area contributed by atoms with E-state index < -0.39 is 23.8 Å². The summed E-state index contributed by atoms with van der Waals surface area (Å²) in [5, 5.41) is 2.23. The number of nitrogens with one attached hydrogen (secondary N) is 1. The van der Waals surface area contributed by atoms with E-state index in [-0.39, 0.29) is 0 Å². The van der Waals surface area contributed by atoms with E-state index in [2.05, 4.69) is 29.1 Å². The number of carbonyl (C=O) groups excluding carboxylic acids is 3. The molecule has 1 N–H and O–H groups in total. The number of carbonyl (C=O) groups is 3. The summed E-state index contributed by atoms with van der Waals surface area (Å²) in [6.45, 7) is 9.10. The minimum atomic E-state index is -1.09. The number of rotatable bonds is 7. The minimum absolute atomic E-state index is 0.441. The minimum Gasteiger partial charge on any atom is -0.302 e. The second-order valence-corrected chi connectivity index (χ2v) is 5.87. The summed E-state index contributed by atoms with van der Waals surface area (Å²) in [7, 11) is 0. The van der Waals surface area contributed by atoms with Crippen LogP contribution in [0.4, 0.5) is 10.5 Å². The van der Waals surface area contributed by atoms with Crippen LogP contribution in [0.15, 0.2) is 29.3 Å². The van der Waals surface area contributed by atoms with Gasteiger partial charge in [-0.05, 0) is 37.7 Å². The highest BCUT2D eigenvalue weighted by atomic mass is 16.2. The Balaban J connectivity index is 2.12. The lowest BCUT2D eigenvalue weighted by Crippen LogP contribution is -2.58. The van der Waals surface area contributed by atoms with Crippen LogP contribution in [0, 0.1) is 12.8 Å². The maximum atomic E-state index is 12.6. The molecule has 134 valence electrons. The number of aryl methyl sites for hydroxylation is 1. The molecule has 25 heavy (non-hydrogen) atoms. The fraction of sp³-hybridized carbons (Fsp3) is 0.444. The Labute approximate surface area is 147 Å². The molecule has 1 fully saturated rings. The summed E-state index contributed by atoms with van der Waals surface area (Å²) < 4.78 is 0. The Kier molecular flexibility index (Phi) is 6.41. The van der Waals surface area contributed by atoms with Crippen LogP contribution < -0.4 is 10.2 Å². The van der Waals surface area contributed by atoms with Crippen LogP contribution in [0.2, 0.25) is 0 Å². The van der Waals surface area contributed by atoms with Gasteiger partial charge in [0.25, 0.3) is 5.91 Å². The maximum Gasteiger partial charge on any atom is 0.335 e. The Hall–Kier alpha value is -2.54. The van der Waals surface area contributed by atoms with Crippen LogP contribution in [0.25, 0.3) is 0 Å². The van der Waals surface area contributed by atoms with Crippen molar-refractivity contribution in [2.75, 3.05) is 31.1 Å². The van der Waals surface area contributed by atoms with Gasteiger partial charge in [-0.3, -0.25) is 19.9 Å². The number of barbiturate groups is 1. The van der Waals surface area contributed by atoms with Gasteiger partial charge in [-0.15, -0.1) is 0 Å². The van der Waals surface area contributed by atoms with Crippen LogP contribution in [0.5, 0.6) is 0 Å². The van der Waals surface area contributed by atoms with Crippen molar-refractivity contribution in [1.82, 2.24) is 10.2 Å². The summed E-state index contributed by atoms with van der Waals surface area (Å²) >= 11 is 0. The zero-order chi connectivity index (χ0) is 18.4. The van der Waals surface area contributed by atoms with E-state index in [0.29, 0.717) is 12.2 Å². The lowest BCUT2D eigenvalue weighted by Gasteiger charge is -2.28. The normalized spacial score (nSPS) is 18.3. The Morgan fingerprint density at radius 3 is 2.60 bits per heavy atom. The average molecular weight is 344 g/mol. The van der Waals surface area contributed by atoms with Crippen molar-refractivity contribution in [3.8, 4) is 0 Å². The van der Waals surface area contributed by atoms with E-state index >= 15 is 0 Å². The van der Waals surface area contributed by atoms with Crippen molar-refractivity contribution >= 4 is 29.7 Å². The van der Waals surface area contributed by atoms with E-state index in [0.717, 1.165) is 30.1 Å². The van der Waals surface area contributed by atoms with E-state index in [1.54, 1.807) is 18.2 Å². The molecule has 0 aliphatic carbocycles. The molecular weight excluding hydrogens is 320 g/mol. The van der Waals surface area contributed by atoms with Gasteiger partial charge in [0.05, 0.1) is 12.2 Å². The molecule has 7 nitrogen and oxygen atoms in total. The Bertz CT molecular complexity index is 683. The number of likely N-dealkylation sites (N-methyl/N-ethyl adjacent to an activating group) is 1. The second-order valence-electron chi connectivity index (χ2n) is 5.87. The summed E-state index contributed by atoms with van der Waals surface area (Å²) in [5.41, 5.74) is 1.36. The Morgan fingerprint density at radius 1 is 1.24 bits per heavy atom. The molecule has 2 rings (SSSR count). The monoisotopic (exact) mass is 344 g/mol. The van der Waals surface area contributed by atoms with Crippen LogP contribution in [0.1, 0.15) is 19.4 Å². The molecule has 0 radical (unpaired) electrons. The predicted octanol–water partition coefficient (Wildman–Crippen LogP) is 1.61. The van der Waals surface area contributed by atoms with Crippen LogP contribution in [0.3, 0.4) is 0 Å². The molecule has 0 aromatic heterocycles. The summed E-state index contributed by atoms with van der Waals surface area (Å²) in [5.74, 6) is -2.30. The Morgan fingerprint density at radius 2 is 1.96 bits per heavy atom. The highest BCUT2D eigenvalue weighted by Crippen LogP contribution is 2.21. The molecule has 1 saturated heterocycles. The number of amides is 4. The number of benzene rings is 1. The van der Waals surface area contributed by atoms with Gasteiger partial charge in [0, 0.05) is 12.8 Å². The number of anilines is 1. The third-order valence-electron chi connectivity index (χ3n) is 4.16. The van der Waals surface area contributed by atoms with Gasteiger partial charge in [0.1, 0.15) is 0 Å². The third-order valence-corrected chi connectivity index (χ3v) is 4.16. The van der Waals surface area contributed by atoms with Crippen molar-refractivity contribution in [3.05, 3.63) is 29.8 Å². The quantitative estimate of drug-likeness (QED) is 0.602. The number of urea groups is 1. The topological polar surface area (TPSA) is 82.1 Å². The largest absolute Gasteiger partial charge is 0.335 e. The van der Waals surface area contributed by atoms with Gasteiger partial charge in [-0.1, -0.05) is 26.0 Å². The average Bonchev–Trinajstić information content (AvgIpc) is 2.57. The lowest BCUT2D eigenvalue weighted by atomic mass is 10.1. The van der Waals surface area contributed by atoms with Crippen LogP contribution in [-0.4, -0.2) is 55.1 Å². The fourth-order valence-corrected chi connectivity index (χ4v) is 2.65. The SMILES string of the molecule is CCN(CC)CCN=CC1C(=O)NC(=O)N(c2cccc(C)c2)C1=O. The molecule has 1 aliphatic rings. The van der Waals surface area contributed by atoms with Crippen molar-refractivity contribution in [2.24, 2.45) is 10.9 Å². The number of hydrogen-bond acceptors (Lipinski definition) is 5. The highest BCUT2D eigenvalue weighted by molar-refractivity contribution is 6.32. The summed E-state index contributed by atoms with van der Waals surface area (Å²) in [6, 6.07) is 6.28. The first-order chi connectivity index (χ1) is 12.0. The molecule has 1 atom stereocenters. The number of nitrogens with zero attached hydrogens (tertiary/aromatic N) is 3.